The van der Waals surface area contributed by atoms with Gasteiger partial charge < -0.3 is 11.1 Å². The van der Waals surface area contributed by atoms with Crippen molar-refractivity contribution in [1.82, 2.24) is 10.2 Å². The minimum Gasteiger partial charge on any atom is -0.368 e. The Bertz CT molecular complexity index is 346. The molecule has 1 saturated carbocycles. The van der Waals surface area contributed by atoms with Gasteiger partial charge in [0, 0.05) is 25.2 Å². The Kier molecular flexibility index (Phi) is 5.67. The average Bonchev–Trinajstić information content (AvgIpc) is 2.48. The Labute approximate surface area is 129 Å². The largest absolute Gasteiger partial charge is 0.368 e. The first-order valence-corrected chi connectivity index (χ1v) is 8.82. The molecular weight excluding hydrogens is 262 g/mol. The van der Waals surface area contributed by atoms with E-state index in [1.54, 1.807) is 0 Å². The van der Waals surface area contributed by atoms with Gasteiger partial charge in [0.25, 0.3) is 0 Å². The van der Waals surface area contributed by atoms with Gasteiger partial charge in [-0.25, -0.2) is 0 Å². The Morgan fingerprint density at radius 3 is 2.62 bits per heavy atom. The summed E-state index contributed by atoms with van der Waals surface area (Å²) in [5, 5.41) is 3.75. The van der Waals surface area contributed by atoms with Crippen LogP contribution in [0, 0.1) is 0 Å². The normalized spacial score (nSPS) is 25.6. The molecule has 1 heterocycles. The van der Waals surface area contributed by atoms with Crippen LogP contribution in [0.4, 0.5) is 0 Å². The average molecular weight is 295 g/mol. The lowest BCUT2D eigenvalue weighted by molar-refractivity contribution is -0.132. The highest BCUT2D eigenvalue weighted by molar-refractivity contribution is 5.84. The van der Waals surface area contributed by atoms with E-state index < -0.39 is 5.54 Å². The molecule has 1 amide bonds. The number of nitrogens with one attached hydrogen (secondary N) is 1. The van der Waals surface area contributed by atoms with Crippen LogP contribution < -0.4 is 11.1 Å². The molecule has 1 aliphatic carbocycles. The summed E-state index contributed by atoms with van der Waals surface area (Å²) in [4.78, 5) is 14.5. The van der Waals surface area contributed by atoms with Gasteiger partial charge in [-0.2, -0.15) is 0 Å². The van der Waals surface area contributed by atoms with Crippen LogP contribution in [0.25, 0.3) is 0 Å². The van der Waals surface area contributed by atoms with Crippen LogP contribution in [-0.2, 0) is 4.79 Å². The van der Waals surface area contributed by atoms with Crippen LogP contribution in [0.15, 0.2) is 0 Å². The smallest absolute Gasteiger partial charge is 0.237 e. The van der Waals surface area contributed by atoms with E-state index in [0.29, 0.717) is 0 Å². The second kappa shape index (κ2) is 7.10. The van der Waals surface area contributed by atoms with Crippen LogP contribution in [0.1, 0.15) is 71.6 Å². The summed E-state index contributed by atoms with van der Waals surface area (Å²) < 4.78 is 0. The van der Waals surface area contributed by atoms with Crippen molar-refractivity contribution >= 4 is 5.91 Å². The molecule has 1 spiro atoms. The molecule has 21 heavy (non-hydrogen) atoms. The Morgan fingerprint density at radius 2 is 2.00 bits per heavy atom. The number of carbonyl (C=O) groups excluding carboxylic acids is 1. The summed E-state index contributed by atoms with van der Waals surface area (Å²) in [5.74, 6) is -0.147. The molecule has 0 bridgehead atoms. The number of hydrogen-bond donors (Lipinski definition) is 2. The lowest BCUT2D eigenvalue weighted by Crippen LogP contribution is -2.68. The second-order valence-corrected chi connectivity index (χ2v) is 7.28. The van der Waals surface area contributed by atoms with Gasteiger partial charge in [-0.05, 0) is 26.2 Å². The highest BCUT2D eigenvalue weighted by Gasteiger charge is 2.44. The zero-order valence-electron chi connectivity index (χ0n) is 13.9. The predicted molar refractivity (Wildman–Crippen MR) is 87.1 cm³/mol. The van der Waals surface area contributed by atoms with Crippen molar-refractivity contribution in [2.24, 2.45) is 5.73 Å². The lowest BCUT2D eigenvalue weighted by Gasteiger charge is -2.51. The minimum absolute atomic E-state index is 0.147. The molecule has 0 aromatic rings. The van der Waals surface area contributed by atoms with Gasteiger partial charge in [0.1, 0.15) is 0 Å². The van der Waals surface area contributed by atoms with Crippen LogP contribution in [0.5, 0.6) is 0 Å². The van der Waals surface area contributed by atoms with Crippen LogP contribution in [-0.4, -0.2) is 41.5 Å². The molecule has 2 aliphatic rings. The molecule has 4 heteroatoms. The first-order chi connectivity index (χ1) is 10.0. The third-order valence-corrected chi connectivity index (χ3v) is 5.68. The molecule has 0 aromatic carbocycles. The van der Waals surface area contributed by atoms with Crippen molar-refractivity contribution in [3.63, 3.8) is 0 Å². The maximum Gasteiger partial charge on any atom is 0.237 e. The van der Waals surface area contributed by atoms with E-state index in [1.165, 1.54) is 44.9 Å². The summed E-state index contributed by atoms with van der Waals surface area (Å²) in [6.45, 7) is 7.17. The Morgan fingerprint density at radius 1 is 1.29 bits per heavy atom. The van der Waals surface area contributed by atoms with Crippen LogP contribution in [0.2, 0.25) is 0 Å². The Balaban J connectivity index is 2.06. The van der Waals surface area contributed by atoms with Gasteiger partial charge in [-0.1, -0.05) is 45.4 Å². The van der Waals surface area contributed by atoms with Crippen molar-refractivity contribution in [2.75, 3.05) is 19.6 Å². The summed E-state index contributed by atoms with van der Waals surface area (Å²) in [7, 11) is 0. The van der Waals surface area contributed by atoms with Crippen LogP contribution >= 0.6 is 0 Å². The topological polar surface area (TPSA) is 58.4 Å². The van der Waals surface area contributed by atoms with E-state index in [9.17, 15) is 4.79 Å². The monoisotopic (exact) mass is 295 g/mol. The SMILES string of the molecule is CCCCCC(C)(C(N)=O)N1CCNC2(CCCCC2)C1. The zero-order valence-corrected chi connectivity index (χ0v) is 13.9. The van der Waals surface area contributed by atoms with E-state index in [0.717, 1.165) is 32.5 Å². The molecule has 1 unspecified atom stereocenters. The maximum absolute atomic E-state index is 12.1. The first kappa shape index (κ1) is 16.8. The second-order valence-electron chi connectivity index (χ2n) is 7.28. The first-order valence-electron chi connectivity index (χ1n) is 8.82. The maximum atomic E-state index is 12.1. The molecule has 1 saturated heterocycles. The molecule has 2 rings (SSSR count). The summed E-state index contributed by atoms with van der Waals surface area (Å²) in [6, 6.07) is 0. The van der Waals surface area contributed by atoms with Gasteiger partial charge >= 0.3 is 0 Å². The predicted octanol–water partition coefficient (Wildman–Crippen LogP) is 2.42. The van der Waals surface area contributed by atoms with E-state index >= 15 is 0 Å². The van der Waals surface area contributed by atoms with Crippen molar-refractivity contribution < 1.29 is 4.79 Å². The zero-order chi connectivity index (χ0) is 15.3. The Hall–Kier alpha value is -0.610. The number of carbonyl (C=O) groups is 1. The number of nitrogens with zero attached hydrogens (tertiary/aromatic N) is 1. The minimum atomic E-state index is -0.471. The van der Waals surface area contributed by atoms with Crippen molar-refractivity contribution in [3.8, 4) is 0 Å². The van der Waals surface area contributed by atoms with Gasteiger partial charge in [-0.3, -0.25) is 9.69 Å². The van der Waals surface area contributed by atoms with E-state index in [2.05, 4.69) is 24.1 Å². The highest BCUT2D eigenvalue weighted by Crippen LogP contribution is 2.34. The van der Waals surface area contributed by atoms with Gasteiger partial charge in [0.05, 0.1) is 5.54 Å². The van der Waals surface area contributed by atoms with Crippen LogP contribution in [0.3, 0.4) is 0 Å². The standard InChI is InChI=1S/C17H33N3O/c1-3-4-6-9-16(2,15(18)21)20-13-12-19-17(14-20)10-7-5-8-11-17/h19H,3-14H2,1-2H3,(H2,18,21). The number of amides is 1. The molecular formula is C17H33N3O. The van der Waals surface area contributed by atoms with E-state index in [-0.39, 0.29) is 11.4 Å². The molecule has 1 atom stereocenters. The fraction of sp³-hybridized carbons (Fsp3) is 0.941. The van der Waals surface area contributed by atoms with Crippen molar-refractivity contribution in [3.05, 3.63) is 0 Å². The summed E-state index contributed by atoms with van der Waals surface area (Å²) in [5.41, 5.74) is 5.56. The molecule has 3 N–H and O–H groups in total. The fourth-order valence-electron chi connectivity index (χ4n) is 4.10. The molecule has 0 aromatic heterocycles. The van der Waals surface area contributed by atoms with Crippen molar-refractivity contribution in [2.45, 2.75) is 82.7 Å². The molecule has 122 valence electrons. The molecule has 2 fully saturated rings. The van der Waals surface area contributed by atoms with E-state index in [4.69, 9.17) is 5.73 Å². The number of primary amides is 1. The molecule has 1 aliphatic heterocycles. The lowest BCUT2D eigenvalue weighted by atomic mass is 9.78. The number of piperazine rings is 1. The van der Waals surface area contributed by atoms with E-state index in [1.807, 2.05) is 0 Å². The molecule has 0 radical (unpaired) electrons. The van der Waals surface area contributed by atoms with Gasteiger partial charge in [-0.15, -0.1) is 0 Å². The number of nitrogens with two attached hydrogens (primary N) is 1. The quantitative estimate of drug-likeness (QED) is 0.740. The van der Waals surface area contributed by atoms with Gasteiger partial charge in [0.2, 0.25) is 5.91 Å². The van der Waals surface area contributed by atoms with Gasteiger partial charge in [0.15, 0.2) is 0 Å². The number of rotatable bonds is 6. The third-order valence-electron chi connectivity index (χ3n) is 5.68. The van der Waals surface area contributed by atoms with Crippen molar-refractivity contribution in [1.29, 1.82) is 0 Å². The highest BCUT2D eigenvalue weighted by atomic mass is 16.1. The summed E-state index contributed by atoms with van der Waals surface area (Å²) in [6.07, 6.45) is 10.8. The third kappa shape index (κ3) is 3.78. The fourth-order valence-corrected chi connectivity index (χ4v) is 4.10. The summed E-state index contributed by atoms with van der Waals surface area (Å²) >= 11 is 0. The number of hydrogen-bond acceptors (Lipinski definition) is 3. The molecule has 4 nitrogen and oxygen atoms in total. The number of unbranched alkanes of at least 4 members (excludes halogenated alkanes) is 2.